The number of para-hydroxylation sites is 1. The lowest BCUT2D eigenvalue weighted by Gasteiger charge is -2.10. The van der Waals surface area contributed by atoms with Gasteiger partial charge in [0, 0.05) is 31.0 Å². The van der Waals surface area contributed by atoms with Crippen LogP contribution in [0.25, 0.3) is 0 Å². The number of aliphatic imine (C=N–C) groups is 1. The number of benzene rings is 1. The number of aryl methyl sites for hydroxylation is 1. The normalized spacial score (nSPS) is 10.9. The SMILES string of the molecule is CCNC(=NCc1ccccc1[N+](=O)[O-])NCCc1csc(C)n1.I. The molecule has 0 aliphatic carbocycles. The van der Waals surface area contributed by atoms with Crippen LogP contribution in [0.5, 0.6) is 0 Å². The largest absolute Gasteiger partial charge is 0.357 e. The number of guanidine groups is 1. The van der Waals surface area contributed by atoms with Crippen LogP contribution in [0.4, 0.5) is 5.69 Å². The fourth-order valence-corrected chi connectivity index (χ4v) is 2.81. The van der Waals surface area contributed by atoms with Crippen LogP contribution in [-0.2, 0) is 13.0 Å². The molecule has 1 aromatic carbocycles. The van der Waals surface area contributed by atoms with Crippen molar-refractivity contribution in [3.05, 3.63) is 56.0 Å². The van der Waals surface area contributed by atoms with Crippen LogP contribution in [0, 0.1) is 17.0 Å². The highest BCUT2D eigenvalue weighted by atomic mass is 127. The van der Waals surface area contributed by atoms with Crippen LogP contribution in [0.2, 0.25) is 0 Å². The van der Waals surface area contributed by atoms with Crippen LogP contribution in [0.1, 0.15) is 23.2 Å². The standard InChI is InChI=1S/C16H21N5O2S.HI/c1-3-17-16(18-9-8-14-11-24-12(2)20-14)19-10-13-6-4-5-7-15(13)21(22)23;/h4-7,11H,3,8-10H2,1-2H3,(H2,17,18,19);1H. The van der Waals surface area contributed by atoms with Crippen LogP contribution in [0.15, 0.2) is 34.6 Å². The van der Waals surface area contributed by atoms with Crippen molar-refractivity contribution in [2.75, 3.05) is 13.1 Å². The van der Waals surface area contributed by atoms with Gasteiger partial charge in [0.15, 0.2) is 5.96 Å². The lowest BCUT2D eigenvalue weighted by Crippen LogP contribution is -2.38. The zero-order valence-corrected chi connectivity index (χ0v) is 17.3. The van der Waals surface area contributed by atoms with E-state index in [0.29, 0.717) is 18.1 Å². The van der Waals surface area contributed by atoms with E-state index in [4.69, 9.17) is 0 Å². The number of nitro benzene ring substituents is 1. The third-order valence-electron chi connectivity index (χ3n) is 3.28. The van der Waals surface area contributed by atoms with Gasteiger partial charge in [-0.2, -0.15) is 0 Å². The summed E-state index contributed by atoms with van der Waals surface area (Å²) in [6, 6.07) is 6.66. The minimum atomic E-state index is -0.379. The predicted octanol–water partition coefficient (Wildman–Crippen LogP) is 3.28. The summed E-state index contributed by atoms with van der Waals surface area (Å²) >= 11 is 1.64. The first-order chi connectivity index (χ1) is 11.6. The monoisotopic (exact) mass is 475 g/mol. The number of hydrogen-bond acceptors (Lipinski definition) is 5. The van der Waals surface area contributed by atoms with Crippen molar-refractivity contribution in [2.45, 2.75) is 26.8 Å². The molecule has 1 heterocycles. The summed E-state index contributed by atoms with van der Waals surface area (Å²) in [5.41, 5.74) is 1.74. The molecule has 9 heteroatoms. The minimum Gasteiger partial charge on any atom is -0.357 e. The Morgan fingerprint density at radius 3 is 2.76 bits per heavy atom. The topological polar surface area (TPSA) is 92.5 Å². The fraction of sp³-hybridized carbons (Fsp3) is 0.375. The summed E-state index contributed by atoms with van der Waals surface area (Å²) in [4.78, 5) is 19.5. The molecule has 0 unspecified atom stereocenters. The highest BCUT2D eigenvalue weighted by Crippen LogP contribution is 2.18. The van der Waals surface area contributed by atoms with Crippen molar-refractivity contribution in [3.63, 3.8) is 0 Å². The Bertz CT molecular complexity index is 720. The molecule has 0 radical (unpaired) electrons. The van der Waals surface area contributed by atoms with Crippen LogP contribution < -0.4 is 10.6 Å². The smallest absolute Gasteiger partial charge is 0.274 e. The van der Waals surface area contributed by atoms with Crippen LogP contribution >= 0.6 is 35.3 Å². The molecule has 0 aliphatic heterocycles. The molecular weight excluding hydrogens is 453 g/mol. The molecule has 2 rings (SSSR count). The number of halogens is 1. The number of nitrogens with zero attached hydrogens (tertiary/aromatic N) is 3. The Labute approximate surface area is 168 Å². The van der Waals surface area contributed by atoms with E-state index in [1.807, 2.05) is 13.8 Å². The average Bonchev–Trinajstić information content (AvgIpc) is 2.98. The van der Waals surface area contributed by atoms with Crippen molar-refractivity contribution in [2.24, 2.45) is 4.99 Å². The van der Waals surface area contributed by atoms with E-state index < -0.39 is 0 Å². The zero-order chi connectivity index (χ0) is 17.4. The Balaban J connectivity index is 0.00000312. The van der Waals surface area contributed by atoms with Crippen LogP contribution in [0.3, 0.4) is 0 Å². The molecule has 0 saturated heterocycles. The van der Waals surface area contributed by atoms with Crippen molar-refractivity contribution >= 4 is 47.0 Å². The van der Waals surface area contributed by atoms with Crippen molar-refractivity contribution in [1.82, 2.24) is 15.6 Å². The van der Waals surface area contributed by atoms with E-state index in [1.165, 1.54) is 6.07 Å². The molecule has 0 saturated carbocycles. The van der Waals surface area contributed by atoms with Gasteiger partial charge in [0.05, 0.1) is 27.7 Å². The van der Waals surface area contributed by atoms with E-state index in [-0.39, 0.29) is 41.1 Å². The van der Waals surface area contributed by atoms with Crippen molar-refractivity contribution in [3.8, 4) is 0 Å². The first-order valence-corrected chi connectivity index (χ1v) is 8.63. The minimum absolute atomic E-state index is 0. The number of hydrogen-bond donors (Lipinski definition) is 2. The van der Waals surface area contributed by atoms with Gasteiger partial charge in [0.1, 0.15) is 0 Å². The Morgan fingerprint density at radius 2 is 2.12 bits per heavy atom. The van der Waals surface area contributed by atoms with Gasteiger partial charge in [-0.05, 0) is 13.8 Å². The van der Waals surface area contributed by atoms with Gasteiger partial charge in [-0.15, -0.1) is 35.3 Å². The molecule has 0 aliphatic rings. The van der Waals surface area contributed by atoms with E-state index in [2.05, 4.69) is 26.0 Å². The molecule has 1 aromatic heterocycles. The number of aromatic nitrogens is 1. The molecule has 136 valence electrons. The maximum atomic E-state index is 11.0. The highest BCUT2D eigenvalue weighted by molar-refractivity contribution is 14.0. The second-order valence-corrected chi connectivity index (χ2v) is 6.18. The van der Waals surface area contributed by atoms with Crippen molar-refractivity contribution < 1.29 is 4.92 Å². The lowest BCUT2D eigenvalue weighted by atomic mass is 10.2. The van der Waals surface area contributed by atoms with Gasteiger partial charge < -0.3 is 10.6 Å². The summed E-state index contributed by atoms with van der Waals surface area (Å²) < 4.78 is 0. The van der Waals surface area contributed by atoms with Gasteiger partial charge in [0.2, 0.25) is 0 Å². The number of nitrogens with one attached hydrogen (secondary N) is 2. The van der Waals surface area contributed by atoms with E-state index in [9.17, 15) is 10.1 Å². The molecule has 0 spiro atoms. The van der Waals surface area contributed by atoms with Crippen LogP contribution in [-0.4, -0.2) is 29.0 Å². The van der Waals surface area contributed by atoms with Gasteiger partial charge in [-0.1, -0.05) is 18.2 Å². The van der Waals surface area contributed by atoms with E-state index in [0.717, 1.165) is 23.7 Å². The lowest BCUT2D eigenvalue weighted by molar-refractivity contribution is -0.385. The number of nitro groups is 1. The maximum absolute atomic E-state index is 11.0. The van der Waals surface area contributed by atoms with Gasteiger partial charge >= 0.3 is 0 Å². The predicted molar refractivity (Wildman–Crippen MR) is 112 cm³/mol. The van der Waals surface area contributed by atoms with Gasteiger partial charge in [-0.3, -0.25) is 10.1 Å². The Morgan fingerprint density at radius 1 is 1.36 bits per heavy atom. The second-order valence-electron chi connectivity index (χ2n) is 5.12. The summed E-state index contributed by atoms with van der Waals surface area (Å²) in [7, 11) is 0. The maximum Gasteiger partial charge on any atom is 0.274 e. The molecule has 2 N–H and O–H groups in total. The Hall–Kier alpha value is -1.75. The van der Waals surface area contributed by atoms with Gasteiger partial charge in [-0.25, -0.2) is 9.98 Å². The summed E-state index contributed by atoms with van der Waals surface area (Å²) in [5, 5.41) is 20.5. The summed E-state index contributed by atoms with van der Waals surface area (Å²) in [6.45, 7) is 5.64. The third kappa shape index (κ3) is 6.94. The molecule has 0 fully saturated rings. The average molecular weight is 475 g/mol. The quantitative estimate of drug-likeness (QED) is 0.211. The number of rotatable bonds is 7. The molecule has 25 heavy (non-hydrogen) atoms. The highest BCUT2D eigenvalue weighted by Gasteiger charge is 2.11. The fourth-order valence-electron chi connectivity index (χ4n) is 2.16. The second kappa shape index (κ2) is 11.0. The summed E-state index contributed by atoms with van der Waals surface area (Å²) in [6.07, 6.45) is 0.806. The zero-order valence-electron chi connectivity index (χ0n) is 14.2. The van der Waals surface area contributed by atoms with E-state index in [1.54, 1.807) is 29.5 Å². The Kier molecular flexibility index (Phi) is 9.35. The van der Waals surface area contributed by atoms with E-state index >= 15 is 0 Å². The molecule has 0 atom stereocenters. The van der Waals surface area contributed by atoms with Gasteiger partial charge in [0.25, 0.3) is 5.69 Å². The third-order valence-corrected chi connectivity index (χ3v) is 4.10. The molecule has 2 aromatic rings. The molecule has 7 nitrogen and oxygen atoms in total. The first kappa shape index (κ1) is 21.3. The molecular formula is C16H22IN5O2S. The van der Waals surface area contributed by atoms with Crippen molar-refractivity contribution in [1.29, 1.82) is 0 Å². The first-order valence-electron chi connectivity index (χ1n) is 7.75. The molecule has 0 bridgehead atoms. The number of thiazole rings is 1. The molecule has 0 amide bonds. The summed E-state index contributed by atoms with van der Waals surface area (Å²) in [5.74, 6) is 0.641.